The van der Waals surface area contributed by atoms with Crippen LogP contribution in [0.3, 0.4) is 0 Å². The lowest BCUT2D eigenvalue weighted by atomic mass is 10.0. The van der Waals surface area contributed by atoms with Gasteiger partial charge in [0.15, 0.2) is 0 Å². The van der Waals surface area contributed by atoms with Crippen LogP contribution in [0.1, 0.15) is 23.5 Å². The van der Waals surface area contributed by atoms with Crippen LogP contribution >= 0.6 is 9.24 Å². The summed E-state index contributed by atoms with van der Waals surface area (Å²) in [6, 6.07) is 23.5. The summed E-state index contributed by atoms with van der Waals surface area (Å²) < 4.78 is 0. The van der Waals surface area contributed by atoms with Crippen LogP contribution in [0.25, 0.3) is 11.1 Å². The van der Waals surface area contributed by atoms with Crippen molar-refractivity contribution in [2.24, 2.45) is 5.92 Å². The molecular formula is C22H23N2P. The van der Waals surface area contributed by atoms with Crippen LogP contribution in [-0.2, 0) is 6.54 Å². The first kappa shape index (κ1) is 16.3. The van der Waals surface area contributed by atoms with Crippen molar-refractivity contribution in [3.05, 3.63) is 84.1 Å². The molecule has 2 aromatic carbocycles. The van der Waals surface area contributed by atoms with E-state index in [1.165, 1.54) is 34.8 Å². The summed E-state index contributed by atoms with van der Waals surface area (Å²) in [7, 11) is 2.85. The number of pyridine rings is 1. The number of nitrogens with one attached hydrogen (secondary N) is 1. The second-order valence-electron chi connectivity index (χ2n) is 6.73. The van der Waals surface area contributed by atoms with Crippen LogP contribution in [-0.4, -0.2) is 11.1 Å². The van der Waals surface area contributed by atoms with Crippen molar-refractivity contribution in [2.75, 3.05) is 11.5 Å². The van der Waals surface area contributed by atoms with Crippen molar-refractivity contribution in [3.8, 4) is 11.1 Å². The third kappa shape index (κ3) is 3.91. The molecule has 1 aliphatic rings. The smallest absolute Gasteiger partial charge is 0.126 e. The molecule has 126 valence electrons. The normalized spacial score (nSPS) is 18.8. The van der Waals surface area contributed by atoms with E-state index in [4.69, 9.17) is 0 Å². The van der Waals surface area contributed by atoms with E-state index in [2.05, 4.69) is 80.2 Å². The Kier molecular flexibility index (Phi) is 4.81. The Labute approximate surface area is 151 Å². The molecule has 1 saturated carbocycles. The first-order valence-electron chi connectivity index (χ1n) is 8.88. The zero-order chi connectivity index (χ0) is 17.1. The van der Waals surface area contributed by atoms with Crippen molar-refractivity contribution in [3.63, 3.8) is 0 Å². The molecule has 0 aliphatic heterocycles. The molecule has 3 unspecified atom stereocenters. The second-order valence-corrected chi connectivity index (χ2v) is 7.21. The summed E-state index contributed by atoms with van der Waals surface area (Å²) in [5.74, 6) is 2.50. The predicted molar refractivity (Wildman–Crippen MR) is 109 cm³/mol. The summed E-state index contributed by atoms with van der Waals surface area (Å²) in [5.41, 5.74) is 5.14. The molecule has 0 spiro atoms. The van der Waals surface area contributed by atoms with Crippen molar-refractivity contribution >= 4 is 15.1 Å². The monoisotopic (exact) mass is 346 g/mol. The fourth-order valence-corrected chi connectivity index (χ4v) is 3.85. The van der Waals surface area contributed by atoms with Crippen molar-refractivity contribution in [2.45, 2.75) is 18.9 Å². The van der Waals surface area contributed by atoms with E-state index in [1.807, 2.05) is 12.3 Å². The highest BCUT2D eigenvalue weighted by Crippen LogP contribution is 2.48. The molecule has 3 heteroatoms. The van der Waals surface area contributed by atoms with Gasteiger partial charge in [-0.25, -0.2) is 4.98 Å². The maximum Gasteiger partial charge on any atom is 0.126 e. The van der Waals surface area contributed by atoms with Gasteiger partial charge in [0.1, 0.15) is 5.82 Å². The van der Waals surface area contributed by atoms with Gasteiger partial charge in [-0.1, -0.05) is 54.6 Å². The van der Waals surface area contributed by atoms with Crippen molar-refractivity contribution in [1.29, 1.82) is 0 Å². The number of hydrogen-bond acceptors (Lipinski definition) is 2. The van der Waals surface area contributed by atoms with Gasteiger partial charge < -0.3 is 5.32 Å². The third-order valence-electron chi connectivity index (χ3n) is 4.95. The van der Waals surface area contributed by atoms with Gasteiger partial charge in [-0.2, -0.15) is 0 Å². The van der Waals surface area contributed by atoms with Gasteiger partial charge >= 0.3 is 0 Å². The predicted octanol–water partition coefficient (Wildman–Crippen LogP) is 5.34. The highest BCUT2D eigenvalue weighted by atomic mass is 31.0. The van der Waals surface area contributed by atoms with Crippen LogP contribution in [0.5, 0.6) is 0 Å². The summed E-state index contributed by atoms with van der Waals surface area (Å²) in [5, 5.41) is 3.44. The van der Waals surface area contributed by atoms with Crippen molar-refractivity contribution in [1.82, 2.24) is 4.98 Å². The molecule has 3 aromatic rings. The molecule has 0 radical (unpaired) electrons. The maximum absolute atomic E-state index is 4.59. The first-order chi connectivity index (χ1) is 12.3. The molecule has 3 atom stereocenters. The number of rotatable bonds is 6. The molecule has 1 fully saturated rings. The van der Waals surface area contributed by atoms with E-state index in [1.54, 1.807) is 0 Å². The van der Waals surface area contributed by atoms with Gasteiger partial charge in [-0.15, -0.1) is 9.24 Å². The molecule has 25 heavy (non-hydrogen) atoms. The zero-order valence-corrected chi connectivity index (χ0v) is 15.4. The van der Waals surface area contributed by atoms with Crippen LogP contribution in [0.2, 0.25) is 0 Å². The molecule has 1 aliphatic carbocycles. The summed E-state index contributed by atoms with van der Waals surface area (Å²) in [6.45, 7) is 0.782. The summed E-state index contributed by atoms with van der Waals surface area (Å²) >= 11 is 0. The van der Waals surface area contributed by atoms with Crippen LogP contribution in [0, 0.1) is 5.92 Å². The Balaban J connectivity index is 1.40. The molecule has 0 amide bonds. The molecule has 1 aromatic heterocycles. The van der Waals surface area contributed by atoms with Gasteiger partial charge in [-0.3, -0.25) is 0 Å². The third-order valence-corrected chi connectivity index (χ3v) is 5.55. The lowest BCUT2D eigenvalue weighted by Gasteiger charge is -2.09. The average Bonchev–Trinajstić information content (AvgIpc) is 3.48. The Morgan fingerprint density at radius 3 is 2.52 bits per heavy atom. The minimum absolute atomic E-state index is 0.724. The molecule has 1 heterocycles. The maximum atomic E-state index is 4.59. The van der Waals surface area contributed by atoms with Gasteiger partial charge in [0, 0.05) is 12.7 Å². The van der Waals surface area contributed by atoms with E-state index >= 15 is 0 Å². The van der Waals surface area contributed by atoms with Crippen molar-refractivity contribution < 1.29 is 0 Å². The molecule has 1 N–H and O–H groups in total. The van der Waals surface area contributed by atoms with E-state index in [0.29, 0.717) is 0 Å². The molecule has 0 bridgehead atoms. The SMILES string of the molecule is PCC1CC1c1ccc(NCc2cccc(-c3ccccc3)c2)nc1. The van der Waals surface area contributed by atoms with E-state index in [0.717, 1.165) is 24.2 Å². The van der Waals surface area contributed by atoms with Gasteiger partial charge in [0.05, 0.1) is 0 Å². The highest BCUT2D eigenvalue weighted by molar-refractivity contribution is 7.16. The average molecular weight is 346 g/mol. The fraction of sp³-hybridized carbons (Fsp3) is 0.227. The van der Waals surface area contributed by atoms with Gasteiger partial charge in [-0.05, 0) is 58.8 Å². The standard InChI is InChI=1S/C22H23N2P/c25-15-20-12-21(20)19-9-10-22(24-14-19)23-13-16-5-4-8-18(11-16)17-6-2-1-3-7-17/h1-11,14,20-21H,12-13,15,25H2,(H,23,24). The Bertz CT molecular complexity index is 830. The number of anilines is 1. The minimum atomic E-state index is 0.724. The quantitative estimate of drug-likeness (QED) is 0.610. The molecular weight excluding hydrogens is 323 g/mol. The summed E-state index contributed by atoms with van der Waals surface area (Å²) in [6.07, 6.45) is 4.54. The van der Waals surface area contributed by atoms with Crippen LogP contribution < -0.4 is 5.32 Å². The zero-order valence-electron chi connectivity index (χ0n) is 14.2. The Hall–Kier alpha value is -2.18. The molecule has 2 nitrogen and oxygen atoms in total. The summed E-state index contributed by atoms with van der Waals surface area (Å²) in [4.78, 5) is 4.59. The highest BCUT2D eigenvalue weighted by Gasteiger charge is 2.36. The number of hydrogen-bond donors (Lipinski definition) is 1. The Morgan fingerprint density at radius 1 is 0.960 bits per heavy atom. The number of nitrogens with zero attached hydrogens (tertiary/aromatic N) is 1. The largest absolute Gasteiger partial charge is 0.366 e. The Morgan fingerprint density at radius 2 is 1.80 bits per heavy atom. The fourth-order valence-electron chi connectivity index (χ4n) is 3.33. The number of aromatic nitrogens is 1. The van der Waals surface area contributed by atoms with Gasteiger partial charge in [0.2, 0.25) is 0 Å². The topological polar surface area (TPSA) is 24.9 Å². The van der Waals surface area contributed by atoms with Crippen LogP contribution in [0.15, 0.2) is 72.9 Å². The first-order valence-corrected chi connectivity index (χ1v) is 9.69. The number of benzene rings is 2. The minimum Gasteiger partial charge on any atom is -0.366 e. The van der Waals surface area contributed by atoms with E-state index < -0.39 is 0 Å². The second kappa shape index (κ2) is 7.37. The lowest BCUT2D eigenvalue weighted by Crippen LogP contribution is -2.01. The van der Waals surface area contributed by atoms with Gasteiger partial charge in [0.25, 0.3) is 0 Å². The van der Waals surface area contributed by atoms with E-state index in [9.17, 15) is 0 Å². The molecule has 4 rings (SSSR count). The lowest BCUT2D eigenvalue weighted by molar-refractivity contribution is 0.923. The van der Waals surface area contributed by atoms with E-state index in [-0.39, 0.29) is 0 Å². The molecule has 0 saturated heterocycles. The van der Waals surface area contributed by atoms with Crippen LogP contribution in [0.4, 0.5) is 5.82 Å².